The summed E-state index contributed by atoms with van der Waals surface area (Å²) in [6.45, 7) is 1.25. The number of ether oxygens (including phenoxy) is 1. The van der Waals surface area contributed by atoms with Gasteiger partial charge in [-0.05, 0) is 24.1 Å². The molecule has 1 saturated heterocycles. The van der Waals surface area contributed by atoms with E-state index in [1.807, 2.05) is 0 Å². The first kappa shape index (κ1) is 16.9. The Kier molecular flexibility index (Phi) is 5.51. The average molecular weight is 283 g/mol. The molecule has 0 bridgehead atoms. The molecule has 1 heterocycles. The zero-order chi connectivity index (χ0) is 14.0. The van der Waals surface area contributed by atoms with E-state index in [1.165, 1.54) is 12.1 Å². The Morgan fingerprint density at radius 3 is 2.45 bits per heavy atom. The fraction of sp³-hybridized carbons (Fsp3) is 0.417. The van der Waals surface area contributed by atoms with Crippen molar-refractivity contribution >= 4 is 24.8 Å². The second kappa shape index (κ2) is 6.53. The molecule has 0 spiro atoms. The maximum absolute atomic E-state index is 12.1. The molecule has 1 atom stereocenters. The van der Waals surface area contributed by atoms with Gasteiger partial charge >= 0.3 is 31.2 Å². The van der Waals surface area contributed by atoms with Gasteiger partial charge in [-0.2, -0.15) is 0 Å². The van der Waals surface area contributed by atoms with Crippen molar-refractivity contribution in [1.82, 2.24) is 4.90 Å². The van der Waals surface area contributed by atoms with E-state index in [1.54, 1.807) is 4.90 Å². The standard InChI is InChI=1S/C12H12F3NO3.Li.H/c13-12(14,15)19-9-4-1-3-8(7-9)10(11(17)18)16-5-2-6-16;;/h1,3-4,7,10H,2,5-6H2,(H,17,18);;. The Hall–Kier alpha value is -1.16. The van der Waals surface area contributed by atoms with E-state index in [0.29, 0.717) is 13.1 Å². The summed E-state index contributed by atoms with van der Waals surface area (Å²) in [7, 11) is 0. The number of likely N-dealkylation sites (tertiary alicyclic amines) is 1. The molecule has 106 valence electrons. The van der Waals surface area contributed by atoms with Crippen LogP contribution >= 0.6 is 0 Å². The summed E-state index contributed by atoms with van der Waals surface area (Å²) in [5, 5.41) is 9.18. The molecule has 1 aromatic rings. The van der Waals surface area contributed by atoms with Gasteiger partial charge in [0.05, 0.1) is 0 Å². The summed E-state index contributed by atoms with van der Waals surface area (Å²) in [6, 6.07) is 4.17. The molecule has 0 radical (unpaired) electrons. The van der Waals surface area contributed by atoms with Gasteiger partial charge in [-0.1, -0.05) is 12.1 Å². The van der Waals surface area contributed by atoms with Crippen LogP contribution in [-0.4, -0.2) is 54.3 Å². The molecule has 2 rings (SSSR count). The first-order valence-corrected chi connectivity index (χ1v) is 5.69. The van der Waals surface area contributed by atoms with Crippen LogP contribution in [0.15, 0.2) is 24.3 Å². The van der Waals surface area contributed by atoms with Crippen LogP contribution in [0, 0.1) is 0 Å². The van der Waals surface area contributed by atoms with Gasteiger partial charge < -0.3 is 9.84 Å². The van der Waals surface area contributed by atoms with E-state index in [-0.39, 0.29) is 24.4 Å². The molecule has 1 aliphatic rings. The fourth-order valence-electron chi connectivity index (χ4n) is 1.99. The molecular weight excluding hydrogens is 270 g/mol. The van der Waals surface area contributed by atoms with Crippen LogP contribution in [0.5, 0.6) is 5.75 Å². The van der Waals surface area contributed by atoms with E-state index in [4.69, 9.17) is 0 Å². The Bertz CT molecular complexity index is 477. The van der Waals surface area contributed by atoms with Crippen molar-refractivity contribution in [2.45, 2.75) is 18.8 Å². The Balaban J connectivity index is 0.00000200. The summed E-state index contributed by atoms with van der Waals surface area (Å²) in [6.07, 6.45) is -3.89. The molecule has 1 N–H and O–H groups in total. The Morgan fingerprint density at radius 1 is 1.35 bits per heavy atom. The van der Waals surface area contributed by atoms with Gasteiger partial charge in [0.15, 0.2) is 0 Å². The number of alkyl halides is 3. The van der Waals surface area contributed by atoms with Crippen molar-refractivity contribution in [3.05, 3.63) is 29.8 Å². The summed E-state index contributed by atoms with van der Waals surface area (Å²) in [4.78, 5) is 12.9. The van der Waals surface area contributed by atoms with E-state index < -0.39 is 24.1 Å². The summed E-state index contributed by atoms with van der Waals surface area (Å²) in [5.41, 5.74) is 0.286. The van der Waals surface area contributed by atoms with Crippen molar-refractivity contribution in [2.24, 2.45) is 0 Å². The van der Waals surface area contributed by atoms with E-state index in [0.717, 1.165) is 18.6 Å². The van der Waals surface area contributed by atoms with Crippen LogP contribution in [-0.2, 0) is 4.79 Å². The van der Waals surface area contributed by atoms with Crippen LogP contribution in [0.2, 0.25) is 0 Å². The minimum atomic E-state index is -4.78. The summed E-state index contributed by atoms with van der Waals surface area (Å²) >= 11 is 0. The van der Waals surface area contributed by atoms with Gasteiger partial charge in [0, 0.05) is 13.1 Å². The quantitative estimate of drug-likeness (QED) is 0.856. The van der Waals surface area contributed by atoms with E-state index in [9.17, 15) is 23.1 Å². The van der Waals surface area contributed by atoms with Crippen molar-refractivity contribution in [3.8, 4) is 5.75 Å². The molecule has 8 heteroatoms. The molecule has 0 aliphatic carbocycles. The SMILES string of the molecule is O=C(O)C(c1cccc(OC(F)(F)F)c1)N1CCC1.[LiH]. The minimum absolute atomic E-state index is 0. The number of carboxylic acids is 1. The average Bonchev–Trinajstić information content (AvgIpc) is 2.20. The fourth-order valence-corrected chi connectivity index (χ4v) is 1.99. The summed E-state index contributed by atoms with van der Waals surface area (Å²) in [5.74, 6) is -1.49. The Morgan fingerprint density at radius 2 is 2.00 bits per heavy atom. The van der Waals surface area contributed by atoms with E-state index >= 15 is 0 Å². The van der Waals surface area contributed by atoms with Crippen molar-refractivity contribution < 1.29 is 27.8 Å². The van der Waals surface area contributed by atoms with Crippen molar-refractivity contribution in [1.29, 1.82) is 0 Å². The van der Waals surface area contributed by atoms with Crippen molar-refractivity contribution in [3.63, 3.8) is 0 Å². The summed E-state index contributed by atoms with van der Waals surface area (Å²) < 4.78 is 40.2. The maximum atomic E-state index is 12.1. The third-order valence-electron chi connectivity index (χ3n) is 2.90. The second-order valence-electron chi connectivity index (χ2n) is 4.25. The molecule has 1 aromatic carbocycles. The molecule has 0 amide bonds. The number of halogens is 3. The monoisotopic (exact) mass is 283 g/mol. The van der Waals surface area contributed by atoms with Crippen molar-refractivity contribution in [2.75, 3.05) is 13.1 Å². The molecule has 0 saturated carbocycles. The molecule has 1 unspecified atom stereocenters. The van der Waals surface area contributed by atoms with Crippen LogP contribution in [0.25, 0.3) is 0 Å². The normalized spacial score (nSPS) is 16.8. The second-order valence-corrected chi connectivity index (χ2v) is 4.25. The van der Waals surface area contributed by atoms with Crippen LogP contribution in [0.3, 0.4) is 0 Å². The molecule has 1 aliphatic heterocycles. The van der Waals surface area contributed by atoms with Crippen LogP contribution in [0.1, 0.15) is 18.0 Å². The van der Waals surface area contributed by atoms with Gasteiger partial charge in [-0.25, -0.2) is 0 Å². The molecule has 20 heavy (non-hydrogen) atoms. The predicted molar refractivity (Wildman–Crippen MR) is 66.8 cm³/mol. The first-order valence-electron chi connectivity index (χ1n) is 5.69. The first-order chi connectivity index (χ1) is 8.87. The molecule has 4 nitrogen and oxygen atoms in total. The number of aliphatic carboxylic acids is 1. The van der Waals surface area contributed by atoms with Crippen LogP contribution < -0.4 is 4.74 Å². The van der Waals surface area contributed by atoms with Gasteiger partial charge in [-0.3, -0.25) is 9.69 Å². The van der Waals surface area contributed by atoms with Gasteiger partial charge in [-0.15, -0.1) is 13.2 Å². The zero-order valence-corrected chi connectivity index (χ0v) is 9.85. The molecular formula is C12H13F3LiNO3. The third kappa shape index (κ3) is 4.17. The number of benzene rings is 1. The number of carboxylic acid groups (broad SMARTS) is 1. The number of carbonyl (C=O) groups is 1. The predicted octanol–water partition coefficient (Wildman–Crippen LogP) is 1.77. The van der Waals surface area contributed by atoms with Crippen LogP contribution in [0.4, 0.5) is 13.2 Å². The number of hydrogen-bond donors (Lipinski definition) is 1. The zero-order valence-electron chi connectivity index (χ0n) is 9.85. The molecule has 0 aromatic heterocycles. The van der Waals surface area contributed by atoms with Gasteiger partial charge in [0.1, 0.15) is 11.8 Å². The third-order valence-corrected chi connectivity index (χ3v) is 2.90. The van der Waals surface area contributed by atoms with Gasteiger partial charge in [0.25, 0.3) is 0 Å². The number of hydrogen-bond acceptors (Lipinski definition) is 3. The number of rotatable bonds is 4. The Labute approximate surface area is 125 Å². The topological polar surface area (TPSA) is 49.8 Å². The molecule has 1 fully saturated rings. The number of nitrogens with zero attached hydrogens (tertiary/aromatic N) is 1. The van der Waals surface area contributed by atoms with E-state index in [2.05, 4.69) is 4.74 Å². The van der Waals surface area contributed by atoms with Gasteiger partial charge in [0.2, 0.25) is 0 Å².